The molecule has 1 saturated heterocycles. The largest absolute Gasteiger partial charge is 0.465 e. The van der Waals surface area contributed by atoms with Crippen LogP contribution in [0.4, 0.5) is 0 Å². The van der Waals surface area contributed by atoms with E-state index in [1.165, 1.54) is 31.4 Å². The van der Waals surface area contributed by atoms with Gasteiger partial charge in [0, 0.05) is 11.5 Å². The number of carbonyl (C=O) groups excluding carboxylic acids is 3. The first-order chi connectivity index (χ1) is 13.8. The number of nitrogens with one attached hydrogen (secondary N) is 1. The van der Waals surface area contributed by atoms with Gasteiger partial charge in [0.2, 0.25) is 11.8 Å². The molecule has 2 aromatic rings. The number of ether oxygens (including phenoxy) is 1. The molecule has 8 heteroatoms. The number of hydrogen-bond acceptors (Lipinski definition) is 6. The molecule has 0 unspecified atom stereocenters. The molecule has 1 fully saturated rings. The van der Waals surface area contributed by atoms with E-state index in [2.05, 4.69) is 10.1 Å². The van der Waals surface area contributed by atoms with E-state index in [0.29, 0.717) is 11.1 Å². The Bertz CT molecular complexity index is 984. The molecule has 0 bridgehead atoms. The number of piperidine rings is 1. The maximum Gasteiger partial charge on any atom is 0.337 e. The molecular formula is C21H19N3O5. The summed E-state index contributed by atoms with van der Waals surface area (Å²) in [5.41, 5.74) is 4.42. The zero-order valence-corrected chi connectivity index (χ0v) is 15.5. The van der Waals surface area contributed by atoms with Gasteiger partial charge >= 0.3 is 5.97 Å². The number of primary amides is 1. The van der Waals surface area contributed by atoms with Crippen molar-refractivity contribution in [1.29, 1.82) is 5.26 Å². The van der Waals surface area contributed by atoms with Crippen LogP contribution in [-0.2, 0) is 20.1 Å². The van der Waals surface area contributed by atoms with Gasteiger partial charge in [0.25, 0.3) is 0 Å². The molecule has 1 heterocycles. The molecule has 2 aromatic carbocycles. The van der Waals surface area contributed by atoms with E-state index in [4.69, 9.17) is 5.73 Å². The van der Waals surface area contributed by atoms with Gasteiger partial charge in [-0.2, -0.15) is 5.26 Å². The highest BCUT2D eigenvalue weighted by molar-refractivity contribution is 6.02. The topological polar surface area (TPSA) is 143 Å². The van der Waals surface area contributed by atoms with Crippen LogP contribution in [0.2, 0.25) is 0 Å². The van der Waals surface area contributed by atoms with E-state index in [1.807, 2.05) is 6.07 Å². The van der Waals surface area contributed by atoms with Gasteiger partial charge < -0.3 is 20.9 Å². The quantitative estimate of drug-likeness (QED) is 0.517. The second-order valence-corrected chi connectivity index (χ2v) is 6.75. The van der Waals surface area contributed by atoms with Gasteiger partial charge in [0.05, 0.1) is 18.7 Å². The molecule has 0 aliphatic carbocycles. The highest BCUT2D eigenvalue weighted by Crippen LogP contribution is 2.45. The molecule has 0 radical (unpaired) electrons. The number of nitriles is 1. The van der Waals surface area contributed by atoms with Crippen LogP contribution in [0.25, 0.3) is 0 Å². The lowest BCUT2D eigenvalue weighted by molar-refractivity contribution is -0.153. The van der Waals surface area contributed by atoms with Crippen LogP contribution < -0.4 is 11.1 Å². The zero-order chi connectivity index (χ0) is 21.2. The molecule has 0 spiro atoms. The highest BCUT2D eigenvalue weighted by atomic mass is 16.5. The number of benzene rings is 2. The number of nitrogens with zero attached hydrogens (tertiary/aromatic N) is 1. The maximum atomic E-state index is 12.7. The Morgan fingerprint density at radius 3 is 2.31 bits per heavy atom. The minimum atomic E-state index is -2.02. The zero-order valence-electron chi connectivity index (χ0n) is 15.5. The van der Waals surface area contributed by atoms with Gasteiger partial charge in [0.1, 0.15) is 11.8 Å². The smallest absolute Gasteiger partial charge is 0.337 e. The molecule has 148 valence electrons. The van der Waals surface area contributed by atoms with Gasteiger partial charge in [-0.1, -0.05) is 42.5 Å². The van der Waals surface area contributed by atoms with Crippen LogP contribution in [0.15, 0.2) is 54.6 Å². The third-order valence-corrected chi connectivity index (χ3v) is 5.14. The van der Waals surface area contributed by atoms with Crippen LogP contribution in [0, 0.1) is 23.2 Å². The molecule has 2 amide bonds. The number of amides is 2. The summed E-state index contributed by atoms with van der Waals surface area (Å²) in [4.78, 5) is 36.5. The maximum absolute atomic E-state index is 12.7. The van der Waals surface area contributed by atoms with Crippen molar-refractivity contribution in [2.45, 2.75) is 11.6 Å². The van der Waals surface area contributed by atoms with E-state index in [1.54, 1.807) is 30.3 Å². The fourth-order valence-corrected chi connectivity index (χ4v) is 3.73. The first kappa shape index (κ1) is 20.0. The Morgan fingerprint density at radius 2 is 1.79 bits per heavy atom. The second-order valence-electron chi connectivity index (χ2n) is 6.75. The summed E-state index contributed by atoms with van der Waals surface area (Å²) in [5, 5.41) is 23.6. The van der Waals surface area contributed by atoms with Crippen molar-refractivity contribution >= 4 is 17.8 Å². The predicted molar refractivity (Wildman–Crippen MR) is 101 cm³/mol. The lowest BCUT2D eigenvalue weighted by Crippen LogP contribution is -2.62. The van der Waals surface area contributed by atoms with Gasteiger partial charge in [-0.05, 0) is 17.7 Å². The summed E-state index contributed by atoms with van der Waals surface area (Å²) >= 11 is 0. The van der Waals surface area contributed by atoms with Gasteiger partial charge in [0.15, 0.2) is 5.72 Å². The van der Waals surface area contributed by atoms with Crippen molar-refractivity contribution in [3.05, 3.63) is 71.3 Å². The summed E-state index contributed by atoms with van der Waals surface area (Å²) in [7, 11) is 1.25. The van der Waals surface area contributed by atoms with Crippen molar-refractivity contribution in [2.24, 2.45) is 17.6 Å². The molecule has 0 saturated carbocycles. The normalized spacial score (nSPS) is 26.1. The van der Waals surface area contributed by atoms with Gasteiger partial charge in [-0.25, -0.2) is 4.79 Å². The SMILES string of the molecule is COC(=O)c1ccc([C@@H]2[C@@H](C(N)=O)C(=O)N[C@](O)(c3ccccc3)[C@@H]2C#N)cc1. The van der Waals surface area contributed by atoms with Crippen molar-refractivity contribution in [3.63, 3.8) is 0 Å². The molecule has 0 aromatic heterocycles. The molecular weight excluding hydrogens is 374 g/mol. The summed E-state index contributed by atoms with van der Waals surface area (Å²) in [5.74, 6) is -5.86. The summed E-state index contributed by atoms with van der Waals surface area (Å²) in [6, 6.07) is 16.2. The number of hydrogen-bond donors (Lipinski definition) is 3. The molecule has 29 heavy (non-hydrogen) atoms. The molecule has 1 aliphatic heterocycles. The lowest BCUT2D eigenvalue weighted by Gasteiger charge is -2.44. The molecule has 8 nitrogen and oxygen atoms in total. The van der Waals surface area contributed by atoms with E-state index >= 15 is 0 Å². The summed E-state index contributed by atoms with van der Waals surface area (Å²) in [6.07, 6.45) is 0. The Kier molecular flexibility index (Phi) is 5.35. The third-order valence-electron chi connectivity index (χ3n) is 5.14. The van der Waals surface area contributed by atoms with Crippen molar-refractivity contribution in [2.75, 3.05) is 7.11 Å². The van der Waals surface area contributed by atoms with Crippen molar-refractivity contribution < 1.29 is 24.2 Å². The molecule has 4 N–H and O–H groups in total. The minimum Gasteiger partial charge on any atom is -0.465 e. The third kappa shape index (κ3) is 3.44. The summed E-state index contributed by atoms with van der Waals surface area (Å²) in [6.45, 7) is 0. The fourth-order valence-electron chi connectivity index (χ4n) is 3.73. The number of aliphatic hydroxyl groups is 1. The average molecular weight is 393 g/mol. The minimum absolute atomic E-state index is 0.263. The number of esters is 1. The van der Waals surface area contributed by atoms with Crippen LogP contribution >= 0.6 is 0 Å². The van der Waals surface area contributed by atoms with Crippen LogP contribution in [0.1, 0.15) is 27.4 Å². The Morgan fingerprint density at radius 1 is 1.17 bits per heavy atom. The van der Waals surface area contributed by atoms with Crippen LogP contribution in [0.5, 0.6) is 0 Å². The first-order valence-electron chi connectivity index (χ1n) is 8.80. The van der Waals surface area contributed by atoms with Gasteiger partial charge in [-0.15, -0.1) is 0 Å². The van der Waals surface area contributed by atoms with Crippen LogP contribution in [-0.4, -0.2) is 30.0 Å². The van der Waals surface area contributed by atoms with E-state index < -0.39 is 41.3 Å². The second kappa shape index (κ2) is 7.73. The molecule has 1 aliphatic rings. The number of rotatable bonds is 4. The van der Waals surface area contributed by atoms with Crippen molar-refractivity contribution in [3.8, 4) is 6.07 Å². The Balaban J connectivity index is 2.14. The lowest BCUT2D eigenvalue weighted by atomic mass is 9.67. The fraction of sp³-hybridized carbons (Fsp3) is 0.238. The monoisotopic (exact) mass is 393 g/mol. The number of carbonyl (C=O) groups is 3. The molecule has 3 rings (SSSR count). The van der Waals surface area contributed by atoms with Crippen LogP contribution in [0.3, 0.4) is 0 Å². The Hall–Kier alpha value is -3.70. The van der Waals surface area contributed by atoms with E-state index in [0.717, 1.165) is 0 Å². The first-order valence-corrected chi connectivity index (χ1v) is 8.80. The predicted octanol–water partition coefficient (Wildman–Crippen LogP) is 0.773. The highest BCUT2D eigenvalue weighted by Gasteiger charge is 2.55. The summed E-state index contributed by atoms with van der Waals surface area (Å²) < 4.78 is 4.66. The number of nitrogens with two attached hydrogens (primary N) is 1. The number of methoxy groups -OCH3 is 1. The van der Waals surface area contributed by atoms with Gasteiger partial charge in [-0.3, -0.25) is 9.59 Å². The van der Waals surface area contributed by atoms with Crippen molar-refractivity contribution in [1.82, 2.24) is 5.32 Å². The van der Waals surface area contributed by atoms with E-state index in [9.17, 15) is 24.8 Å². The average Bonchev–Trinajstić information content (AvgIpc) is 2.73. The Labute approximate surface area is 166 Å². The molecule has 4 atom stereocenters. The standard InChI is InChI=1S/C21H19N3O5/c1-29-20(27)13-9-7-12(8-10-13)16-15(11-22)21(28,14-5-3-2-4-6-14)24-19(26)17(16)18(23)25/h2-10,15-17,28H,1H3,(H2,23,25)(H,24,26)/t15-,16+,17+,21+/m1/s1. The van der Waals surface area contributed by atoms with E-state index in [-0.39, 0.29) is 5.56 Å².